The standard InChI is InChI=1S/C17H23N5O/c1-3-21-9-10-22(13-15(21)17-19-7-8-20(17)2)16(23)11-14-5-4-6-18-12-14/h4-8,12,15H,3,9-11,13H2,1-2H3. The van der Waals surface area contributed by atoms with Crippen molar-refractivity contribution in [2.75, 3.05) is 26.2 Å². The molecule has 3 rings (SSSR count). The predicted octanol–water partition coefficient (Wildman–Crippen LogP) is 1.26. The van der Waals surface area contributed by atoms with Crippen LogP contribution in [0.1, 0.15) is 24.4 Å². The summed E-state index contributed by atoms with van der Waals surface area (Å²) in [5.74, 6) is 1.18. The second-order valence-corrected chi connectivity index (χ2v) is 5.92. The van der Waals surface area contributed by atoms with Gasteiger partial charge >= 0.3 is 0 Å². The number of carbonyl (C=O) groups excluding carboxylic acids is 1. The maximum Gasteiger partial charge on any atom is 0.227 e. The Bertz CT molecular complexity index is 654. The van der Waals surface area contributed by atoms with E-state index in [1.165, 1.54) is 0 Å². The third-order valence-corrected chi connectivity index (χ3v) is 4.48. The number of nitrogens with zero attached hydrogens (tertiary/aromatic N) is 5. The summed E-state index contributed by atoms with van der Waals surface area (Å²) in [5.41, 5.74) is 0.962. The van der Waals surface area contributed by atoms with Gasteiger partial charge in [-0.05, 0) is 18.2 Å². The van der Waals surface area contributed by atoms with Crippen molar-refractivity contribution in [2.45, 2.75) is 19.4 Å². The molecule has 0 aromatic carbocycles. The number of pyridine rings is 1. The Hall–Kier alpha value is -2.21. The Morgan fingerprint density at radius 2 is 2.22 bits per heavy atom. The van der Waals surface area contributed by atoms with Crippen LogP contribution in [0.15, 0.2) is 36.9 Å². The van der Waals surface area contributed by atoms with E-state index in [4.69, 9.17) is 0 Å². The summed E-state index contributed by atoms with van der Waals surface area (Å²) in [4.78, 5) is 25.5. The van der Waals surface area contributed by atoms with Gasteiger partial charge in [0.05, 0.1) is 12.5 Å². The number of imidazole rings is 1. The van der Waals surface area contributed by atoms with Crippen molar-refractivity contribution in [2.24, 2.45) is 7.05 Å². The number of likely N-dealkylation sites (N-methyl/N-ethyl adjacent to an activating group) is 1. The van der Waals surface area contributed by atoms with Gasteiger partial charge in [-0.25, -0.2) is 4.98 Å². The van der Waals surface area contributed by atoms with E-state index in [9.17, 15) is 4.79 Å². The summed E-state index contributed by atoms with van der Waals surface area (Å²) in [6, 6.07) is 3.98. The number of hydrogen-bond donors (Lipinski definition) is 0. The number of aryl methyl sites for hydroxylation is 1. The van der Waals surface area contributed by atoms with Crippen molar-refractivity contribution in [3.63, 3.8) is 0 Å². The Kier molecular flexibility index (Phi) is 4.71. The van der Waals surface area contributed by atoms with Gasteiger partial charge in [0.1, 0.15) is 5.82 Å². The van der Waals surface area contributed by atoms with Gasteiger partial charge in [0.15, 0.2) is 0 Å². The fraction of sp³-hybridized carbons (Fsp3) is 0.471. The van der Waals surface area contributed by atoms with Crippen LogP contribution in [0.3, 0.4) is 0 Å². The highest BCUT2D eigenvalue weighted by Gasteiger charge is 2.31. The van der Waals surface area contributed by atoms with Crippen molar-refractivity contribution in [3.05, 3.63) is 48.3 Å². The summed E-state index contributed by atoms with van der Waals surface area (Å²) in [6.45, 7) is 5.46. The summed E-state index contributed by atoms with van der Waals surface area (Å²) in [6.07, 6.45) is 7.67. The first kappa shape index (κ1) is 15.7. The summed E-state index contributed by atoms with van der Waals surface area (Å²) >= 11 is 0. The minimum atomic E-state index is 0.159. The third kappa shape index (κ3) is 3.42. The number of amides is 1. The van der Waals surface area contributed by atoms with Crippen LogP contribution in [-0.2, 0) is 18.3 Å². The minimum Gasteiger partial charge on any atom is -0.339 e. The van der Waals surface area contributed by atoms with Crippen molar-refractivity contribution in [1.82, 2.24) is 24.3 Å². The zero-order valence-corrected chi connectivity index (χ0v) is 13.7. The molecule has 1 amide bonds. The Balaban J connectivity index is 1.72. The fourth-order valence-corrected chi connectivity index (χ4v) is 3.16. The quantitative estimate of drug-likeness (QED) is 0.853. The molecule has 23 heavy (non-hydrogen) atoms. The Labute approximate surface area is 136 Å². The summed E-state index contributed by atoms with van der Waals surface area (Å²) in [7, 11) is 2.01. The van der Waals surface area contributed by atoms with Gasteiger partial charge in [0, 0.05) is 51.5 Å². The lowest BCUT2D eigenvalue weighted by Crippen LogP contribution is -2.51. The third-order valence-electron chi connectivity index (χ3n) is 4.48. The van der Waals surface area contributed by atoms with Gasteiger partial charge in [0.25, 0.3) is 0 Å². The highest BCUT2D eigenvalue weighted by atomic mass is 16.2. The van der Waals surface area contributed by atoms with Crippen LogP contribution in [-0.4, -0.2) is 56.4 Å². The Morgan fingerprint density at radius 3 is 2.87 bits per heavy atom. The first-order valence-corrected chi connectivity index (χ1v) is 8.07. The number of piperazine rings is 1. The van der Waals surface area contributed by atoms with Gasteiger partial charge in [0.2, 0.25) is 5.91 Å². The molecule has 3 heterocycles. The zero-order chi connectivity index (χ0) is 16.2. The van der Waals surface area contributed by atoms with Gasteiger partial charge in [-0.1, -0.05) is 13.0 Å². The molecular weight excluding hydrogens is 290 g/mol. The average Bonchev–Trinajstić information content (AvgIpc) is 3.01. The van der Waals surface area contributed by atoms with Crippen molar-refractivity contribution in [3.8, 4) is 0 Å². The molecule has 1 unspecified atom stereocenters. The first-order valence-electron chi connectivity index (χ1n) is 8.07. The molecule has 1 aliphatic heterocycles. The number of hydrogen-bond acceptors (Lipinski definition) is 4. The topological polar surface area (TPSA) is 54.3 Å². The molecule has 6 heteroatoms. The molecule has 0 saturated carbocycles. The lowest BCUT2D eigenvalue weighted by atomic mass is 10.1. The highest BCUT2D eigenvalue weighted by molar-refractivity contribution is 5.78. The molecule has 1 saturated heterocycles. The molecule has 0 N–H and O–H groups in total. The van der Waals surface area contributed by atoms with Crippen LogP contribution in [0.4, 0.5) is 0 Å². The molecule has 1 fully saturated rings. The van der Waals surface area contributed by atoms with E-state index >= 15 is 0 Å². The maximum atomic E-state index is 12.6. The molecule has 0 radical (unpaired) electrons. The SMILES string of the molecule is CCN1CCN(C(=O)Cc2cccnc2)CC1c1nccn1C. The molecule has 1 atom stereocenters. The maximum absolute atomic E-state index is 12.6. The van der Waals surface area contributed by atoms with Gasteiger partial charge < -0.3 is 9.47 Å². The van der Waals surface area contributed by atoms with E-state index in [1.807, 2.05) is 41.0 Å². The highest BCUT2D eigenvalue weighted by Crippen LogP contribution is 2.24. The average molecular weight is 313 g/mol. The van der Waals surface area contributed by atoms with Crippen LogP contribution < -0.4 is 0 Å². The predicted molar refractivity (Wildman–Crippen MR) is 87.7 cm³/mol. The molecule has 6 nitrogen and oxygen atoms in total. The first-order chi connectivity index (χ1) is 11.2. The zero-order valence-electron chi connectivity index (χ0n) is 13.7. The van der Waals surface area contributed by atoms with Crippen LogP contribution >= 0.6 is 0 Å². The normalized spacial score (nSPS) is 19.0. The number of rotatable bonds is 4. The molecule has 1 aliphatic rings. The molecule has 0 aliphatic carbocycles. The Morgan fingerprint density at radius 1 is 1.35 bits per heavy atom. The molecule has 0 spiro atoms. The summed E-state index contributed by atoms with van der Waals surface area (Å²) in [5, 5.41) is 0. The smallest absolute Gasteiger partial charge is 0.227 e. The second kappa shape index (κ2) is 6.91. The number of aromatic nitrogens is 3. The minimum absolute atomic E-state index is 0.159. The molecule has 2 aromatic rings. The van der Waals surface area contributed by atoms with Crippen molar-refractivity contribution >= 4 is 5.91 Å². The monoisotopic (exact) mass is 313 g/mol. The molecule has 122 valence electrons. The van der Waals surface area contributed by atoms with Gasteiger partial charge in [-0.2, -0.15) is 0 Å². The van der Waals surface area contributed by atoms with E-state index < -0.39 is 0 Å². The van der Waals surface area contributed by atoms with Crippen molar-refractivity contribution < 1.29 is 4.79 Å². The van der Waals surface area contributed by atoms with E-state index in [0.29, 0.717) is 13.0 Å². The second-order valence-electron chi connectivity index (χ2n) is 5.92. The van der Waals surface area contributed by atoms with Gasteiger partial charge in [-0.3, -0.25) is 14.7 Å². The van der Waals surface area contributed by atoms with Crippen LogP contribution in [0.25, 0.3) is 0 Å². The van der Waals surface area contributed by atoms with Crippen LogP contribution in [0.2, 0.25) is 0 Å². The lowest BCUT2D eigenvalue weighted by molar-refractivity contribution is -0.133. The van der Waals surface area contributed by atoms with E-state index in [0.717, 1.165) is 31.0 Å². The van der Waals surface area contributed by atoms with Crippen LogP contribution in [0, 0.1) is 0 Å². The van der Waals surface area contributed by atoms with Gasteiger partial charge in [-0.15, -0.1) is 0 Å². The fourth-order valence-electron chi connectivity index (χ4n) is 3.16. The molecular formula is C17H23N5O. The van der Waals surface area contributed by atoms with E-state index in [-0.39, 0.29) is 11.9 Å². The molecule has 2 aromatic heterocycles. The molecule has 0 bridgehead atoms. The lowest BCUT2D eigenvalue weighted by Gasteiger charge is -2.40. The largest absolute Gasteiger partial charge is 0.339 e. The van der Waals surface area contributed by atoms with E-state index in [1.54, 1.807) is 12.4 Å². The van der Waals surface area contributed by atoms with E-state index in [2.05, 4.69) is 21.8 Å². The number of carbonyl (C=O) groups is 1. The summed E-state index contributed by atoms with van der Waals surface area (Å²) < 4.78 is 2.04. The van der Waals surface area contributed by atoms with Crippen LogP contribution in [0.5, 0.6) is 0 Å². The van der Waals surface area contributed by atoms with Crippen molar-refractivity contribution in [1.29, 1.82) is 0 Å².